The van der Waals surface area contributed by atoms with Gasteiger partial charge in [0.1, 0.15) is 5.70 Å². The molecule has 0 spiro atoms. The van der Waals surface area contributed by atoms with Gasteiger partial charge in [-0.1, -0.05) is 23.7 Å². The van der Waals surface area contributed by atoms with E-state index in [2.05, 4.69) is 17.2 Å². The van der Waals surface area contributed by atoms with Crippen LogP contribution in [0.3, 0.4) is 0 Å². The molecule has 1 aromatic rings. The highest BCUT2D eigenvalue weighted by molar-refractivity contribution is 6.31. The molecule has 0 bridgehead atoms. The van der Waals surface area contributed by atoms with Crippen molar-refractivity contribution in [3.8, 4) is 0 Å². The lowest BCUT2D eigenvalue weighted by molar-refractivity contribution is -0.116. The number of rotatable bonds is 10. The third kappa shape index (κ3) is 6.73. The number of carbonyl (C=O) groups is 1. The van der Waals surface area contributed by atoms with Gasteiger partial charge in [-0.2, -0.15) is 0 Å². The van der Waals surface area contributed by atoms with Crippen LogP contribution in [0.2, 0.25) is 5.02 Å². The largest absolute Gasteiger partial charge is 0.486 e. The first kappa shape index (κ1) is 21.0. The van der Waals surface area contributed by atoms with Gasteiger partial charge in [0, 0.05) is 43.1 Å². The number of carbonyl (C=O) groups excluding carboxylic acids is 1. The summed E-state index contributed by atoms with van der Waals surface area (Å²) in [6.07, 6.45) is 5.73. The SMILES string of the molecule is C=CCCCCO/C(C(=O)Nc1cccc(Cl)c1)=C(/C=N)N1CCNCC1. The summed E-state index contributed by atoms with van der Waals surface area (Å²) in [5.41, 5.74) is 1.09. The minimum Gasteiger partial charge on any atom is -0.486 e. The van der Waals surface area contributed by atoms with Crippen LogP contribution < -0.4 is 10.6 Å². The molecule has 0 unspecified atom stereocenters. The molecular formula is C20H27ClN4O2. The number of nitrogens with one attached hydrogen (secondary N) is 3. The van der Waals surface area contributed by atoms with Crippen molar-refractivity contribution in [3.05, 3.63) is 53.4 Å². The third-order valence-electron chi connectivity index (χ3n) is 4.16. The van der Waals surface area contributed by atoms with Gasteiger partial charge in [-0.3, -0.25) is 4.79 Å². The third-order valence-corrected chi connectivity index (χ3v) is 4.40. The van der Waals surface area contributed by atoms with Gasteiger partial charge >= 0.3 is 0 Å². The van der Waals surface area contributed by atoms with Gasteiger partial charge in [0.05, 0.1) is 6.61 Å². The van der Waals surface area contributed by atoms with Gasteiger partial charge in [-0.15, -0.1) is 6.58 Å². The topological polar surface area (TPSA) is 77.5 Å². The second kappa shape index (κ2) is 11.4. The van der Waals surface area contributed by atoms with Crippen molar-refractivity contribution in [1.29, 1.82) is 5.41 Å². The first-order valence-corrected chi connectivity index (χ1v) is 9.54. The Bertz CT molecular complexity index is 684. The van der Waals surface area contributed by atoms with E-state index in [1.807, 2.05) is 11.0 Å². The highest BCUT2D eigenvalue weighted by Crippen LogP contribution is 2.18. The second-order valence-electron chi connectivity index (χ2n) is 6.19. The van der Waals surface area contributed by atoms with E-state index in [0.29, 0.717) is 23.0 Å². The van der Waals surface area contributed by atoms with Crippen molar-refractivity contribution in [2.75, 3.05) is 38.1 Å². The predicted molar refractivity (Wildman–Crippen MR) is 110 cm³/mol. The highest BCUT2D eigenvalue weighted by Gasteiger charge is 2.22. The van der Waals surface area contributed by atoms with E-state index in [1.54, 1.807) is 24.3 Å². The molecule has 7 heteroatoms. The number of anilines is 1. The molecule has 1 fully saturated rings. The zero-order valence-electron chi connectivity index (χ0n) is 15.5. The molecule has 0 atom stereocenters. The van der Waals surface area contributed by atoms with Gasteiger partial charge in [-0.05, 0) is 37.5 Å². The maximum atomic E-state index is 12.9. The lowest BCUT2D eigenvalue weighted by Crippen LogP contribution is -2.44. The number of halogens is 1. The standard InChI is InChI=1S/C20H27ClN4O2/c1-2-3-4-5-13-27-19(18(15-22)25-11-9-23-10-12-25)20(26)24-17-8-6-7-16(21)14-17/h2,6-8,14-15,22-23H,1,3-5,9-13H2,(H,24,26)/b19-18-,22-15?. The van der Waals surface area contributed by atoms with Crippen molar-refractivity contribution >= 4 is 29.4 Å². The van der Waals surface area contributed by atoms with Crippen LogP contribution in [0.1, 0.15) is 19.3 Å². The molecule has 27 heavy (non-hydrogen) atoms. The quantitative estimate of drug-likeness (QED) is 0.188. The number of hydrogen-bond donors (Lipinski definition) is 3. The summed E-state index contributed by atoms with van der Waals surface area (Å²) < 4.78 is 5.85. The zero-order chi connectivity index (χ0) is 19.5. The average molecular weight is 391 g/mol. The molecule has 1 amide bonds. The van der Waals surface area contributed by atoms with Crippen LogP contribution in [0, 0.1) is 5.41 Å². The Morgan fingerprint density at radius 1 is 1.37 bits per heavy atom. The highest BCUT2D eigenvalue weighted by atomic mass is 35.5. The van der Waals surface area contributed by atoms with Crippen LogP contribution in [-0.4, -0.2) is 49.8 Å². The smallest absolute Gasteiger partial charge is 0.293 e. The number of ether oxygens (including phenoxy) is 1. The van der Waals surface area contributed by atoms with Crippen LogP contribution in [0.4, 0.5) is 5.69 Å². The van der Waals surface area contributed by atoms with E-state index >= 15 is 0 Å². The summed E-state index contributed by atoms with van der Waals surface area (Å²) >= 11 is 6.00. The first-order valence-electron chi connectivity index (χ1n) is 9.16. The maximum absolute atomic E-state index is 12.9. The van der Waals surface area contributed by atoms with Crippen molar-refractivity contribution in [2.24, 2.45) is 0 Å². The van der Waals surface area contributed by atoms with E-state index in [9.17, 15) is 4.79 Å². The Morgan fingerprint density at radius 2 is 2.15 bits per heavy atom. The molecule has 1 aromatic carbocycles. The molecule has 1 saturated heterocycles. The average Bonchev–Trinajstić information content (AvgIpc) is 2.67. The van der Waals surface area contributed by atoms with Crippen LogP contribution in [0.25, 0.3) is 0 Å². The summed E-state index contributed by atoms with van der Waals surface area (Å²) in [7, 11) is 0. The number of hydrogen-bond acceptors (Lipinski definition) is 5. The fraction of sp³-hybridized carbons (Fsp3) is 0.400. The molecule has 0 aliphatic carbocycles. The second-order valence-corrected chi connectivity index (χ2v) is 6.63. The van der Waals surface area contributed by atoms with E-state index in [1.165, 1.54) is 6.21 Å². The fourth-order valence-electron chi connectivity index (χ4n) is 2.78. The summed E-state index contributed by atoms with van der Waals surface area (Å²) in [5, 5.41) is 14.5. The Labute approximate surface area is 165 Å². The molecule has 3 N–H and O–H groups in total. The van der Waals surface area contributed by atoms with E-state index in [0.717, 1.165) is 45.4 Å². The minimum absolute atomic E-state index is 0.172. The van der Waals surface area contributed by atoms with Crippen molar-refractivity contribution in [2.45, 2.75) is 19.3 Å². The summed E-state index contributed by atoms with van der Waals surface area (Å²) in [4.78, 5) is 14.9. The molecule has 6 nitrogen and oxygen atoms in total. The Morgan fingerprint density at radius 3 is 2.81 bits per heavy atom. The van der Waals surface area contributed by atoms with Gasteiger partial charge in [0.2, 0.25) is 5.76 Å². The lowest BCUT2D eigenvalue weighted by atomic mass is 10.2. The fourth-order valence-corrected chi connectivity index (χ4v) is 2.97. The Kier molecular flexibility index (Phi) is 8.87. The van der Waals surface area contributed by atoms with Gasteiger partial charge in [0.25, 0.3) is 5.91 Å². The molecule has 0 radical (unpaired) electrons. The van der Waals surface area contributed by atoms with Crippen molar-refractivity contribution in [1.82, 2.24) is 10.2 Å². The number of nitrogens with zero attached hydrogens (tertiary/aromatic N) is 1. The summed E-state index contributed by atoms with van der Waals surface area (Å²) in [6, 6.07) is 6.95. The summed E-state index contributed by atoms with van der Waals surface area (Å²) in [5.74, 6) is -0.205. The summed E-state index contributed by atoms with van der Waals surface area (Å²) in [6.45, 7) is 7.18. The number of allylic oxidation sites excluding steroid dienone is 2. The first-order chi connectivity index (χ1) is 13.2. The number of amides is 1. The monoisotopic (exact) mass is 390 g/mol. The minimum atomic E-state index is -0.377. The number of unbranched alkanes of at least 4 members (excludes halogenated alkanes) is 2. The zero-order valence-corrected chi connectivity index (χ0v) is 16.2. The molecule has 1 aliphatic rings. The van der Waals surface area contributed by atoms with Gasteiger partial charge in [-0.25, -0.2) is 0 Å². The van der Waals surface area contributed by atoms with Crippen LogP contribution >= 0.6 is 11.6 Å². The maximum Gasteiger partial charge on any atom is 0.293 e. The van der Waals surface area contributed by atoms with E-state index in [4.69, 9.17) is 21.7 Å². The van der Waals surface area contributed by atoms with Crippen molar-refractivity contribution in [3.63, 3.8) is 0 Å². The Balaban J connectivity index is 2.18. The predicted octanol–water partition coefficient (Wildman–Crippen LogP) is 3.42. The van der Waals surface area contributed by atoms with Gasteiger partial charge in [0.15, 0.2) is 0 Å². The Hall–Kier alpha value is -2.31. The van der Waals surface area contributed by atoms with Crippen LogP contribution in [0.15, 0.2) is 48.4 Å². The molecule has 146 valence electrons. The van der Waals surface area contributed by atoms with Crippen LogP contribution in [-0.2, 0) is 9.53 Å². The molecule has 1 aliphatic heterocycles. The van der Waals surface area contributed by atoms with E-state index < -0.39 is 0 Å². The van der Waals surface area contributed by atoms with Crippen LogP contribution in [0.5, 0.6) is 0 Å². The molecule has 2 rings (SSSR count). The molecular weight excluding hydrogens is 364 g/mol. The number of piperazine rings is 1. The lowest BCUT2D eigenvalue weighted by Gasteiger charge is -2.31. The number of benzene rings is 1. The normalized spacial score (nSPS) is 14.9. The van der Waals surface area contributed by atoms with E-state index in [-0.39, 0.29) is 11.7 Å². The van der Waals surface area contributed by atoms with Gasteiger partial charge < -0.3 is 25.7 Å². The molecule has 0 saturated carbocycles. The van der Waals surface area contributed by atoms with Crippen molar-refractivity contribution < 1.29 is 9.53 Å². The molecule has 1 heterocycles. The molecule has 0 aromatic heterocycles.